The quantitative estimate of drug-likeness (QED) is 0.244. The van der Waals surface area contributed by atoms with Gasteiger partial charge in [-0.25, -0.2) is 23.7 Å². The van der Waals surface area contributed by atoms with Gasteiger partial charge in [-0.3, -0.25) is 9.78 Å². The van der Waals surface area contributed by atoms with E-state index >= 15 is 8.78 Å². The first-order chi connectivity index (χ1) is 19.3. The zero-order valence-corrected chi connectivity index (χ0v) is 22.6. The second kappa shape index (κ2) is 10.4. The van der Waals surface area contributed by atoms with Gasteiger partial charge in [0, 0.05) is 54.0 Å². The van der Waals surface area contributed by atoms with Gasteiger partial charge in [0.1, 0.15) is 29.1 Å². The standard InChI is InChI=1S/C29H25ClF2N6O2/c1-3-27(39)37-10-7-26(23(32)15-37)38-16(2)36-25-14-35-24-13-22(31)19(12-20(24)28(25)38)18-6-5-17(11-21(18)30)40-29-33-8-4-9-34-29/h4-6,8-9,11-14,23,26H,3,7,10,15H2,1-2H3/t23-,26-/m0/s1. The molecule has 1 saturated heterocycles. The molecule has 6 rings (SSSR count). The van der Waals surface area contributed by atoms with Crippen LogP contribution in [0.15, 0.2) is 55.0 Å². The van der Waals surface area contributed by atoms with E-state index in [0.29, 0.717) is 58.5 Å². The molecule has 1 amide bonds. The maximum atomic E-state index is 15.6. The molecule has 0 N–H and O–H groups in total. The van der Waals surface area contributed by atoms with E-state index in [2.05, 4.69) is 19.9 Å². The first-order valence-corrected chi connectivity index (χ1v) is 13.3. The number of hydrogen-bond donors (Lipinski definition) is 0. The molecule has 0 bridgehead atoms. The molecule has 0 radical (unpaired) electrons. The van der Waals surface area contributed by atoms with Crippen molar-refractivity contribution in [3.63, 3.8) is 0 Å². The molecule has 0 unspecified atom stereocenters. The van der Waals surface area contributed by atoms with Crippen LogP contribution in [0.25, 0.3) is 33.1 Å². The van der Waals surface area contributed by atoms with Gasteiger partial charge < -0.3 is 14.2 Å². The topological polar surface area (TPSA) is 86.0 Å². The summed E-state index contributed by atoms with van der Waals surface area (Å²) < 4.78 is 38.5. The zero-order chi connectivity index (χ0) is 28.0. The first-order valence-electron chi connectivity index (χ1n) is 13.0. The normalized spacial score (nSPS) is 17.5. The summed E-state index contributed by atoms with van der Waals surface area (Å²) >= 11 is 6.60. The van der Waals surface area contributed by atoms with E-state index in [9.17, 15) is 4.79 Å². The Kier molecular flexibility index (Phi) is 6.79. The fraction of sp³-hybridized carbons (Fsp3) is 0.276. The minimum Gasteiger partial charge on any atom is -0.424 e. The fourth-order valence-corrected chi connectivity index (χ4v) is 5.65. The van der Waals surface area contributed by atoms with Gasteiger partial charge in [0.25, 0.3) is 0 Å². The SMILES string of the molecule is CCC(=O)N1CC[C@H](n2c(C)nc3cnc4cc(F)c(-c5ccc(Oc6ncccn6)cc5Cl)cc4c32)[C@@H](F)C1. The second-order valence-electron chi connectivity index (χ2n) is 9.71. The molecule has 0 aliphatic carbocycles. The van der Waals surface area contributed by atoms with Crippen molar-refractivity contribution in [1.82, 2.24) is 29.4 Å². The summed E-state index contributed by atoms with van der Waals surface area (Å²) in [4.78, 5) is 30.9. The molecule has 11 heteroatoms. The summed E-state index contributed by atoms with van der Waals surface area (Å²) in [6.45, 7) is 4.07. The van der Waals surface area contributed by atoms with Crippen molar-refractivity contribution in [3.8, 4) is 22.9 Å². The number of hydrogen-bond acceptors (Lipinski definition) is 6. The van der Waals surface area contributed by atoms with E-state index < -0.39 is 18.0 Å². The predicted octanol–water partition coefficient (Wildman–Crippen LogP) is 6.46. The average Bonchev–Trinajstić information content (AvgIpc) is 3.29. The van der Waals surface area contributed by atoms with Crippen molar-refractivity contribution in [2.45, 2.75) is 38.9 Å². The van der Waals surface area contributed by atoms with Crippen molar-refractivity contribution in [3.05, 3.63) is 71.7 Å². The maximum Gasteiger partial charge on any atom is 0.321 e. The number of pyridine rings is 1. The Morgan fingerprint density at radius 2 is 1.93 bits per heavy atom. The van der Waals surface area contributed by atoms with Crippen LogP contribution in [-0.4, -0.2) is 54.6 Å². The third-order valence-electron chi connectivity index (χ3n) is 7.26. The number of piperidine rings is 1. The Hall–Kier alpha value is -4.18. The van der Waals surface area contributed by atoms with Crippen LogP contribution in [0.4, 0.5) is 8.78 Å². The summed E-state index contributed by atoms with van der Waals surface area (Å²) in [6, 6.07) is 9.25. The lowest BCUT2D eigenvalue weighted by atomic mass is 10.00. The van der Waals surface area contributed by atoms with E-state index in [0.717, 1.165) is 0 Å². The molecule has 1 fully saturated rings. The third-order valence-corrected chi connectivity index (χ3v) is 7.57. The molecule has 3 aromatic heterocycles. The van der Waals surface area contributed by atoms with E-state index in [1.807, 2.05) is 11.5 Å². The molecule has 0 spiro atoms. The number of aromatic nitrogens is 5. The highest BCUT2D eigenvalue weighted by molar-refractivity contribution is 6.33. The lowest BCUT2D eigenvalue weighted by Gasteiger charge is -2.36. The number of imidazole rings is 1. The van der Waals surface area contributed by atoms with Gasteiger partial charge in [-0.1, -0.05) is 18.5 Å². The molecule has 204 valence electrons. The predicted molar refractivity (Wildman–Crippen MR) is 148 cm³/mol. The highest BCUT2D eigenvalue weighted by Crippen LogP contribution is 2.39. The average molecular weight is 563 g/mol. The van der Waals surface area contributed by atoms with E-state index in [4.69, 9.17) is 16.3 Å². The number of fused-ring (bicyclic) bond motifs is 3. The van der Waals surface area contributed by atoms with E-state index in [-0.39, 0.29) is 29.0 Å². The molecule has 1 aliphatic heterocycles. The molecule has 4 heterocycles. The minimum atomic E-state index is -1.28. The number of alkyl halides is 1. The molecule has 2 atom stereocenters. The summed E-state index contributed by atoms with van der Waals surface area (Å²) in [5, 5.41) is 0.899. The number of carbonyl (C=O) groups is 1. The number of ether oxygens (including phenoxy) is 1. The number of carbonyl (C=O) groups excluding carboxylic acids is 1. The van der Waals surface area contributed by atoms with Crippen molar-refractivity contribution >= 4 is 39.4 Å². The van der Waals surface area contributed by atoms with Gasteiger partial charge in [0.2, 0.25) is 5.91 Å². The Balaban J connectivity index is 1.43. The largest absolute Gasteiger partial charge is 0.424 e. The summed E-state index contributed by atoms with van der Waals surface area (Å²) in [5.74, 6) is 0.466. The Morgan fingerprint density at radius 1 is 1.12 bits per heavy atom. The fourth-order valence-electron chi connectivity index (χ4n) is 5.38. The van der Waals surface area contributed by atoms with Crippen molar-refractivity contribution in [1.29, 1.82) is 0 Å². The lowest BCUT2D eigenvalue weighted by molar-refractivity contribution is -0.133. The Bertz CT molecular complexity index is 1750. The van der Waals surface area contributed by atoms with Crippen LogP contribution >= 0.6 is 11.6 Å². The number of amides is 1. The van der Waals surface area contributed by atoms with Gasteiger partial charge in [-0.15, -0.1) is 0 Å². The van der Waals surface area contributed by atoms with Gasteiger partial charge in [-0.2, -0.15) is 0 Å². The highest BCUT2D eigenvalue weighted by atomic mass is 35.5. The monoisotopic (exact) mass is 562 g/mol. The van der Waals surface area contributed by atoms with Gasteiger partial charge in [0.05, 0.1) is 34.8 Å². The van der Waals surface area contributed by atoms with E-state index in [1.165, 1.54) is 6.07 Å². The zero-order valence-electron chi connectivity index (χ0n) is 21.8. The molecular formula is C29H25ClF2N6O2. The summed E-state index contributed by atoms with van der Waals surface area (Å²) in [5.41, 5.74) is 2.39. The van der Waals surface area contributed by atoms with Crippen LogP contribution in [0.5, 0.6) is 11.8 Å². The van der Waals surface area contributed by atoms with Crippen LogP contribution < -0.4 is 4.74 Å². The molecule has 40 heavy (non-hydrogen) atoms. The van der Waals surface area contributed by atoms with Crippen LogP contribution in [0, 0.1) is 12.7 Å². The smallest absolute Gasteiger partial charge is 0.321 e. The number of likely N-dealkylation sites (tertiary alicyclic amines) is 1. The number of aryl methyl sites for hydroxylation is 1. The third kappa shape index (κ3) is 4.62. The Morgan fingerprint density at radius 3 is 2.65 bits per heavy atom. The van der Waals surface area contributed by atoms with Crippen molar-refractivity contribution in [2.75, 3.05) is 13.1 Å². The molecule has 1 aliphatic rings. The summed E-state index contributed by atoms with van der Waals surface area (Å²) in [7, 11) is 0. The van der Waals surface area contributed by atoms with Gasteiger partial charge in [0.15, 0.2) is 0 Å². The molecule has 0 saturated carbocycles. The Labute approximate surface area is 233 Å². The molecular weight excluding hydrogens is 538 g/mol. The number of halogens is 3. The molecule has 5 aromatic rings. The number of rotatable bonds is 5. The number of benzene rings is 2. The van der Waals surface area contributed by atoms with Crippen molar-refractivity contribution < 1.29 is 18.3 Å². The van der Waals surface area contributed by atoms with Crippen molar-refractivity contribution in [2.24, 2.45) is 0 Å². The number of nitrogens with zero attached hydrogens (tertiary/aromatic N) is 6. The van der Waals surface area contributed by atoms with Gasteiger partial charge >= 0.3 is 6.01 Å². The minimum absolute atomic E-state index is 0.0252. The van der Waals surface area contributed by atoms with Crippen LogP contribution in [-0.2, 0) is 4.79 Å². The van der Waals surface area contributed by atoms with Crippen LogP contribution in [0.3, 0.4) is 0 Å². The highest BCUT2D eigenvalue weighted by Gasteiger charge is 2.34. The maximum absolute atomic E-state index is 15.6. The second-order valence-corrected chi connectivity index (χ2v) is 10.1. The lowest BCUT2D eigenvalue weighted by Crippen LogP contribution is -2.45. The molecule has 8 nitrogen and oxygen atoms in total. The van der Waals surface area contributed by atoms with Crippen LogP contribution in [0.2, 0.25) is 5.02 Å². The first kappa shape index (κ1) is 26.1. The van der Waals surface area contributed by atoms with Crippen LogP contribution in [0.1, 0.15) is 31.6 Å². The summed E-state index contributed by atoms with van der Waals surface area (Å²) in [6.07, 6.45) is 4.19. The van der Waals surface area contributed by atoms with Gasteiger partial charge in [-0.05, 0) is 37.6 Å². The molecule has 2 aromatic carbocycles. The van der Waals surface area contributed by atoms with E-state index in [1.54, 1.807) is 60.7 Å².